The molecule has 0 saturated heterocycles. The number of aliphatic carboxylic acids is 1. The minimum absolute atomic E-state index is 0. The monoisotopic (exact) mass is 468 g/mol. The van der Waals surface area contributed by atoms with E-state index < -0.39 is 32.3 Å². The highest BCUT2D eigenvalue weighted by Crippen LogP contribution is 2.43. The summed E-state index contributed by atoms with van der Waals surface area (Å²) in [6.07, 6.45) is 17.0. The number of phosphoric ester groups is 1. The smallest absolute Gasteiger partial charge is 0.472 e. The number of unbranched alkanes of at least 4 members (excludes halogenated alkanes) is 13. The molecular weight excluding hydrogens is 423 g/mol. The Morgan fingerprint density at radius 3 is 1.65 bits per heavy atom. The number of carbonyl (C=O) groups excluding carboxylic acids is 1. The normalized spacial score (nSPS) is 13.8. The maximum absolute atomic E-state index is 11.8. The molecular formula is C21H45N2O7P. The molecule has 0 aromatic rings. The first kappa shape index (κ1) is 32.2. The van der Waals surface area contributed by atoms with E-state index in [4.69, 9.17) is 9.63 Å². The van der Waals surface area contributed by atoms with Crippen molar-refractivity contribution in [1.29, 1.82) is 0 Å². The van der Waals surface area contributed by atoms with Crippen molar-refractivity contribution in [2.75, 3.05) is 13.2 Å². The number of carbonyl (C=O) groups is 2. The van der Waals surface area contributed by atoms with Gasteiger partial charge in [0, 0.05) is 6.92 Å². The van der Waals surface area contributed by atoms with Crippen LogP contribution in [0.2, 0.25) is 0 Å². The number of hydrogen-bond acceptors (Lipinski definition) is 6. The lowest BCUT2D eigenvalue weighted by atomic mass is 10.0. The van der Waals surface area contributed by atoms with Crippen molar-refractivity contribution in [3.8, 4) is 0 Å². The summed E-state index contributed by atoms with van der Waals surface area (Å²) in [6, 6.07) is -1.40. The number of carboxylic acids is 1. The zero-order chi connectivity index (χ0) is 22.7. The standard InChI is InChI=1S/C21H42NO7P.H3N/c1-3-4-5-6-7-8-9-10-11-12-13-14-15-16-17-28-30(26,27)29-18-20(21(24)25)22-19(2)23;/h20H,3-18H2,1-2H3,(H,22,23)(H,24,25)(H,26,27);1H3. The lowest BCUT2D eigenvalue weighted by Gasteiger charge is -2.16. The van der Waals surface area contributed by atoms with Crippen LogP contribution in [0.3, 0.4) is 0 Å². The van der Waals surface area contributed by atoms with Gasteiger partial charge in [-0.1, -0.05) is 90.4 Å². The van der Waals surface area contributed by atoms with Crippen molar-refractivity contribution in [3.05, 3.63) is 0 Å². The van der Waals surface area contributed by atoms with Gasteiger partial charge >= 0.3 is 13.8 Å². The molecule has 0 heterocycles. The van der Waals surface area contributed by atoms with Gasteiger partial charge in [0.15, 0.2) is 6.04 Å². The largest absolute Gasteiger partial charge is 0.480 e. The average Bonchev–Trinajstić information content (AvgIpc) is 2.67. The van der Waals surface area contributed by atoms with Crippen LogP contribution in [0, 0.1) is 0 Å². The van der Waals surface area contributed by atoms with E-state index in [1.54, 1.807) is 0 Å². The van der Waals surface area contributed by atoms with Gasteiger partial charge < -0.3 is 21.5 Å². The molecule has 0 bridgehead atoms. The lowest BCUT2D eigenvalue weighted by Crippen LogP contribution is -2.42. The second-order valence-corrected chi connectivity index (χ2v) is 9.24. The van der Waals surface area contributed by atoms with Crippen LogP contribution in [0.15, 0.2) is 0 Å². The Hall–Kier alpha value is -0.990. The third-order valence-corrected chi connectivity index (χ3v) is 5.82. The second-order valence-electron chi connectivity index (χ2n) is 7.79. The second kappa shape index (κ2) is 20.9. The number of nitrogens with one attached hydrogen (secondary N) is 1. The average molecular weight is 469 g/mol. The van der Waals surface area contributed by atoms with Crippen LogP contribution in [0.5, 0.6) is 0 Å². The first-order valence-corrected chi connectivity index (χ1v) is 12.9. The molecule has 1 amide bonds. The van der Waals surface area contributed by atoms with Gasteiger partial charge in [-0.05, 0) is 6.42 Å². The van der Waals surface area contributed by atoms with Crippen LogP contribution in [-0.4, -0.2) is 41.1 Å². The van der Waals surface area contributed by atoms with E-state index in [2.05, 4.69) is 16.8 Å². The molecule has 0 radical (unpaired) electrons. The van der Waals surface area contributed by atoms with Crippen molar-refractivity contribution in [2.24, 2.45) is 0 Å². The SMILES string of the molecule is CCCCCCCCCCCCCCCCOP(=O)(O)OCC(NC(C)=O)C(=O)O.N. The Morgan fingerprint density at radius 1 is 0.839 bits per heavy atom. The predicted octanol–water partition coefficient (Wildman–Crippen LogP) is 5.35. The molecule has 0 aliphatic carbocycles. The zero-order valence-corrected chi connectivity index (χ0v) is 20.4. The molecule has 0 aliphatic heterocycles. The minimum atomic E-state index is -4.33. The first-order chi connectivity index (χ1) is 14.3. The van der Waals surface area contributed by atoms with Gasteiger partial charge in [0.2, 0.25) is 5.91 Å². The highest BCUT2D eigenvalue weighted by atomic mass is 31.2. The van der Waals surface area contributed by atoms with Crippen LogP contribution < -0.4 is 11.5 Å². The Labute approximate surface area is 187 Å². The summed E-state index contributed by atoms with van der Waals surface area (Å²) in [7, 11) is -4.33. The molecule has 6 N–H and O–H groups in total. The van der Waals surface area contributed by atoms with Crippen molar-refractivity contribution >= 4 is 19.7 Å². The summed E-state index contributed by atoms with van der Waals surface area (Å²) in [4.78, 5) is 31.5. The molecule has 0 saturated carbocycles. The van der Waals surface area contributed by atoms with Gasteiger partial charge in [0.05, 0.1) is 13.2 Å². The third-order valence-electron chi connectivity index (χ3n) is 4.83. The maximum Gasteiger partial charge on any atom is 0.472 e. The Morgan fingerprint density at radius 2 is 1.26 bits per heavy atom. The number of phosphoric acid groups is 1. The number of rotatable bonds is 21. The molecule has 0 spiro atoms. The fourth-order valence-electron chi connectivity index (χ4n) is 3.10. The first-order valence-electron chi connectivity index (χ1n) is 11.4. The molecule has 0 aromatic carbocycles. The quantitative estimate of drug-likeness (QED) is 0.130. The number of hydrogen-bond donors (Lipinski definition) is 4. The summed E-state index contributed by atoms with van der Waals surface area (Å²) < 4.78 is 21.3. The summed E-state index contributed by atoms with van der Waals surface area (Å²) in [5.74, 6) is -1.92. The molecule has 2 atom stereocenters. The van der Waals surface area contributed by atoms with Crippen LogP contribution >= 0.6 is 7.82 Å². The summed E-state index contributed by atoms with van der Waals surface area (Å²) >= 11 is 0. The molecule has 0 aliphatic rings. The van der Waals surface area contributed by atoms with Gasteiger partial charge in [0.25, 0.3) is 0 Å². The molecule has 31 heavy (non-hydrogen) atoms. The van der Waals surface area contributed by atoms with Gasteiger partial charge in [-0.25, -0.2) is 9.36 Å². The van der Waals surface area contributed by atoms with Crippen LogP contribution in [-0.2, 0) is 23.2 Å². The Balaban J connectivity index is 0. The summed E-state index contributed by atoms with van der Waals surface area (Å²) in [6.45, 7) is 2.83. The zero-order valence-electron chi connectivity index (χ0n) is 19.5. The third kappa shape index (κ3) is 22.0. The topological polar surface area (TPSA) is 157 Å². The van der Waals surface area contributed by atoms with E-state index in [9.17, 15) is 19.0 Å². The highest BCUT2D eigenvalue weighted by Gasteiger charge is 2.26. The molecule has 9 nitrogen and oxygen atoms in total. The fraction of sp³-hybridized carbons (Fsp3) is 0.905. The van der Waals surface area contributed by atoms with E-state index in [0.717, 1.165) is 26.2 Å². The van der Waals surface area contributed by atoms with E-state index >= 15 is 0 Å². The number of amides is 1. The van der Waals surface area contributed by atoms with Crippen LogP contribution in [0.1, 0.15) is 104 Å². The van der Waals surface area contributed by atoms with E-state index in [0.29, 0.717) is 6.42 Å². The molecule has 2 unspecified atom stereocenters. The van der Waals surface area contributed by atoms with Crippen molar-refractivity contribution in [1.82, 2.24) is 11.5 Å². The van der Waals surface area contributed by atoms with Crippen molar-refractivity contribution in [3.63, 3.8) is 0 Å². The number of carboxylic acid groups (broad SMARTS) is 1. The molecule has 0 rings (SSSR count). The van der Waals surface area contributed by atoms with Crippen molar-refractivity contribution < 1.29 is 33.2 Å². The Bertz CT molecular complexity index is 506. The minimum Gasteiger partial charge on any atom is -0.480 e. The molecule has 10 heteroatoms. The van der Waals surface area contributed by atoms with Crippen LogP contribution in [0.25, 0.3) is 0 Å². The fourth-order valence-corrected chi connectivity index (χ4v) is 3.87. The van der Waals surface area contributed by atoms with Gasteiger partial charge in [-0.3, -0.25) is 13.8 Å². The molecule has 186 valence electrons. The molecule has 0 fully saturated rings. The van der Waals surface area contributed by atoms with Gasteiger partial charge in [0.1, 0.15) is 0 Å². The summed E-state index contributed by atoms with van der Waals surface area (Å²) in [5, 5.41) is 11.1. The highest BCUT2D eigenvalue weighted by molar-refractivity contribution is 7.47. The predicted molar refractivity (Wildman–Crippen MR) is 122 cm³/mol. The summed E-state index contributed by atoms with van der Waals surface area (Å²) in [5.41, 5.74) is 0. The lowest BCUT2D eigenvalue weighted by molar-refractivity contribution is -0.142. The van der Waals surface area contributed by atoms with E-state index in [-0.39, 0.29) is 12.8 Å². The van der Waals surface area contributed by atoms with Crippen LogP contribution in [0.4, 0.5) is 0 Å². The van der Waals surface area contributed by atoms with Crippen molar-refractivity contribution in [2.45, 2.75) is 110 Å². The van der Waals surface area contributed by atoms with E-state index in [1.807, 2.05) is 0 Å². The maximum atomic E-state index is 11.8. The Kier molecular flexibility index (Phi) is 21.7. The van der Waals surface area contributed by atoms with E-state index in [1.165, 1.54) is 64.2 Å². The van der Waals surface area contributed by atoms with Gasteiger partial charge in [-0.2, -0.15) is 0 Å². The molecule has 0 aromatic heterocycles. The van der Waals surface area contributed by atoms with Gasteiger partial charge in [-0.15, -0.1) is 0 Å².